The largest absolute Gasteiger partial charge is 0.356 e. The van der Waals surface area contributed by atoms with Crippen molar-refractivity contribution in [2.45, 2.75) is 18.9 Å². The third-order valence-corrected chi connectivity index (χ3v) is 5.49. The van der Waals surface area contributed by atoms with Crippen LogP contribution in [0.4, 0.5) is 4.39 Å². The van der Waals surface area contributed by atoms with E-state index in [-0.39, 0.29) is 22.7 Å². The lowest BCUT2D eigenvalue weighted by Gasteiger charge is -2.30. The maximum atomic E-state index is 14.3. The number of hydrogen-bond donors (Lipinski definition) is 3. The molecule has 2 amide bonds. The third-order valence-electron chi connectivity index (χ3n) is 5.25. The Balaban J connectivity index is 1.67. The molecule has 2 heterocycles. The summed E-state index contributed by atoms with van der Waals surface area (Å²) in [5.74, 6) is -1.47. The summed E-state index contributed by atoms with van der Waals surface area (Å²) in [5, 5.41) is 13.0. The third kappa shape index (κ3) is 4.07. The van der Waals surface area contributed by atoms with E-state index >= 15 is 0 Å². The number of rotatable bonds is 5. The highest BCUT2D eigenvalue weighted by atomic mass is 35.5. The van der Waals surface area contributed by atoms with Crippen LogP contribution in [0.25, 0.3) is 11.3 Å². The van der Waals surface area contributed by atoms with Crippen molar-refractivity contribution in [3.05, 3.63) is 76.7 Å². The Labute approximate surface area is 177 Å². The fourth-order valence-corrected chi connectivity index (χ4v) is 3.98. The standard InChI is InChI=1S/C22H20ClFN4O2/c23-14-6-3-5-13(11-14)19(16-8-4-10-25-21(16)29)27-22(30)17-12-26-28-20(17)15-7-1-2-9-18(15)24/h1-3,5-7,9,11-12,16,19H,4,8,10H2,(H,25,29)(H,26,28)(H,27,30)/t16-,19-/m1/s1. The van der Waals surface area contributed by atoms with E-state index in [1.165, 1.54) is 12.3 Å². The van der Waals surface area contributed by atoms with Crippen LogP contribution < -0.4 is 10.6 Å². The van der Waals surface area contributed by atoms with Crippen LogP contribution in [0.5, 0.6) is 0 Å². The fraction of sp³-hybridized carbons (Fsp3) is 0.227. The van der Waals surface area contributed by atoms with Crippen LogP contribution in [0.15, 0.2) is 54.7 Å². The van der Waals surface area contributed by atoms with Gasteiger partial charge in [-0.3, -0.25) is 14.7 Å². The number of carbonyl (C=O) groups is 2. The van der Waals surface area contributed by atoms with Gasteiger partial charge in [0.1, 0.15) is 5.82 Å². The molecule has 4 rings (SSSR count). The van der Waals surface area contributed by atoms with Crippen LogP contribution in [-0.2, 0) is 4.79 Å². The molecule has 0 saturated carbocycles. The van der Waals surface area contributed by atoms with Gasteiger partial charge in [0.2, 0.25) is 5.91 Å². The van der Waals surface area contributed by atoms with Gasteiger partial charge in [-0.15, -0.1) is 0 Å². The van der Waals surface area contributed by atoms with E-state index in [2.05, 4.69) is 20.8 Å². The zero-order chi connectivity index (χ0) is 21.1. The highest BCUT2D eigenvalue weighted by Gasteiger charge is 2.33. The van der Waals surface area contributed by atoms with Crippen LogP contribution in [0.3, 0.4) is 0 Å². The number of carbonyl (C=O) groups excluding carboxylic acids is 2. The highest BCUT2D eigenvalue weighted by molar-refractivity contribution is 6.30. The van der Waals surface area contributed by atoms with Gasteiger partial charge in [0.25, 0.3) is 5.91 Å². The second-order valence-corrected chi connectivity index (χ2v) is 7.62. The van der Waals surface area contributed by atoms with Gasteiger partial charge < -0.3 is 10.6 Å². The molecule has 1 fully saturated rings. The van der Waals surface area contributed by atoms with Crippen molar-refractivity contribution >= 4 is 23.4 Å². The van der Waals surface area contributed by atoms with E-state index in [9.17, 15) is 14.0 Å². The molecule has 0 aliphatic carbocycles. The summed E-state index contributed by atoms with van der Waals surface area (Å²) in [4.78, 5) is 25.7. The minimum Gasteiger partial charge on any atom is -0.356 e. The van der Waals surface area contributed by atoms with E-state index < -0.39 is 23.7 Å². The van der Waals surface area contributed by atoms with Gasteiger partial charge in [-0.2, -0.15) is 5.10 Å². The Kier molecular flexibility index (Phi) is 5.81. The quantitative estimate of drug-likeness (QED) is 0.578. The molecular weight excluding hydrogens is 407 g/mol. The van der Waals surface area contributed by atoms with Gasteiger partial charge in [-0.05, 0) is 42.7 Å². The molecule has 0 bridgehead atoms. The molecule has 1 aliphatic rings. The van der Waals surface area contributed by atoms with Crippen LogP contribution >= 0.6 is 11.6 Å². The van der Waals surface area contributed by atoms with Gasteiger partial charge >= 0.3 is 0 Å². The SMILES string of the molecule is O=C(N[C@H](c1cccc(Cl)c1)[C@H]1CCCNC1=O)c1cn[nH]c1-c1ccccc1F. The van der Waals surface area contributed by atoms with Crippen molar-refractivity contribution in [3.63, 3.8) is 0 Å². The van der Waals surface area contributed by atoms with Gasteiger partial charge in [0, 0.05) is 17.1 Å². The predicted molar refractivity (Wildman–Crippen MR) is 111 cm³/mol. The topological polar surface area (TPSA) is 86.9 Å². The minimum atomic E-state index is -0.583. The van der Waals surface area contributed by atoms with E-state index in [1.807, 2.05) is 6.07 Å². The number of aromatic nitrogens is 2. The van der Waals surface area contributed by atoms with Crippen molar-refractivity contribution < 1.29 is 14.0 Å². The predicted octanol–water partition coefficient (Wildman–Crippen LogP) is 3.87. The number of halogens is 2. The zero-order valence-electron chi connectivity index (χ0n) is 16.0. The maximum absolute atomic E-state index is 14.3. The van der Waals surface area contributed by atoms with Crippen molar-refractivity contribution in [2.75, 3.05) is 6.54 Å². The molecule has 1 saturated heterocycles. The number of amides is 2. The molecule has 0 spiro atoms. The molecule has 154 valence electrons. The summed E-state index contributed by atoms with van der Waals surface area (Å²) in [6.07, 6.45) is 2.80. The monoisotopic (exact) mass is 426 g/mol. The van der Waals surface area contributed by atoms with Gasteiger partial charge in [0.05, 0.1) is 29.4 Å². The molecule has 30 heavy (non-hydrogen) atoms. The van der Waals surface area contributed by atoms with E-state index in [0.717, 1.165) is 12.0 Å². The minimum absolute atomic E-state index is 0.118. The Morgan fingerprint density at radius 3 is 2.83 bits per heavy atom. The molecular formula is C22H20ClFN4O2. The lowest BCUT2D eigenvalue weighted by molar-refractivity contribution is -0.127. The smallest absolute Gasteiger partial charge is 0.255 e. The number of hydrogen-bond acceptors (Lipinski definition) is 3. The summed E-state index contributed by atoms with van der Waals surface area (Å²) < 4.78 is 14.3. The van der Waals surface area contributed by atoms with Crippen molar-refractivity contribution in [3.8, 4) is 11.3 Å². The average molecular weight is 427 g/mol. The van der Waals surface area contributed by atoms with Crippen LogP contribution in [0.2, 0.25) is 5.02 Å². The molecule has 3 N–H and O–H groups in total. The van der Waals surface area contributed by atoms with Crippen LogP contribution in [0.1, 0.15) is 34.8 Å². The number of nitrogens with zero attached hydrogens (tertiary/aromatic N) is 1. The Morgan fingerprint density at radius 1 is 1.23 bits per heavy atom. The molecule has 0 radical (unpaired) electrons. The van der Waals surface area contributed by atoms with Crippen LogP contribution in [-0.4, -0.2) is 28.6 Å². The number of piperidine rings is 1. The van der Waals surface area contributed by atoms with Crippen molar-refractivity contribution in [1.82, 2.24) is 20.8 Å². The van der Waals surface area contributed by atoms with Gasteiger partial charge in [-0.1, -0.05) is 35.9 Å². The summed E-state index contributed by atoms with van der Waals surface area (Å²) in [7, 11) is 0. The summed E-state index contributed by atoms with van der Waals surface area (Å²) in [5.41, 5.74) is 1.45. The van der Waals surface area contributed by atoms with Crippen molar-refractivity contribution in [2.24, 2.45) is 5.92 Å². The Hall–Kier alpha value is -3.19. The second kappa shape index (κ2) is 8.67. The molecule has 6 nitrogen and oxygen atoms in total. The first kappa shape index (κ1) is 20.1. The van der Waals surface area contributed by atoms with Crippen molar-refractivity contribution in [1.29, 1.82) is 0 Å². The molecule has 1 aliphatic heterocycles. The van der Waals surface area contributed by atoms with E-state index in [0.29, 0.717) is 18.0 Å². The second-order valence-electron chi connectivity index (χ2n) is 7.18. The number of H-pyrrole nitrogens is 1. The summed E-state index contributed by atoms with van der Waals surface area (Å²) >= 11 is 6.15. The number of benzene rings is 2. The fourth-order valence-electron chi connectivity index (χ4n) is 3.78. The number of aromatic amines is 1. The molecule has 2 atom stereocenters. The zero-order valence-corrected chi connectivity index (χ0v) is 16.7. The summed E-state index contributed by atoms with van der Waals surface area (Å²) in [6.45, 7) is 0.616. The Morgan fingerprint density at radius 2 is 2.07 bits per heavy atom. The average Bonchev–Trinajstić information content (AvgIpc) is 3.23. The first-order valence-electron chi connectivity index (χ1n) is 9.67. The summed E-state index contributed by atoms with van der Waals surface area (Å²) in [6, 6.07) is 12.6. The Bertz CT molecular complexity index is 1080. The highest BCUT2D eigenvalue weighted by Crippen LogP contribution is 2.31. The van der Waals surface area contributed by atoms with Gasteiger partial charge in [-0.25, -0.2) is 4.39 Å². The normalized spacial score (nSPS) is 17.3. The molecule has 8 heteroatoms. The lowest BCUT2D eigenvalue weighted by Crippen LogP contribution is -2.44. The van der Waals surface area contributed by atoms with Gasteiger partial charge in [0.15, 0.2) is 0 Å². The first-order chi connectivity index (χ1) is 14.5. The maximum Gasteiger partial charge on any atom is 0.255 e. The lowest BCUT2D eigenvalue weighted by atomic mass is 9.86. The molecule has 1 aromatic heterocycles. The molecule has 3 aromatic rings. The van der Waals surface area contributed by atoms with E-state index in [1.54, 1.807) is 36.4 Å². The van der Waals surface area contributed by atoms with E-state index in [4.69, 9.17) is 11.6 Å². The molecule has 2 aromatic carbocycles. The first-order valence-corrected chi connectivity index (χ1v) is 10.0. The molecule has 0 unspecified atom stereocenters. The number of nitrogens with one attached hydrogen (secondary N) is 3. The van der Waals surface area contributed by atoms with Crippen LogP contribution in [0, 0.1) is 11.7 Å².